The number of hydrogen-bond acceptors (Lipinski definition) is 3. The minimum absolute atomic E-state index is 0.123. The molecule has 2 rings (SSSR count). The van der Waals surface area contributed by atoms with E-state index in [2.05, 4.69) is 11.9 Å². The maximum absolute atomic E-state index is 12.2. The standard InChI is InChI=1S/C20H19NO4/c1-3-5-6-14(4-2)13-21-19(22)16-9-7-15(8-10-16)17-11-12-18(25-17)20(23)24/h3-12H,2,13H2,1H3,(H,21,22)(H,23,24)/b5-3-,14-6+. The molecule has 1 aromatic carbocycles. The number of carboxylic acid groups (broad SMARTS) is 1. The zero-order valence-electron chi connectivity index (χ0n) is 13.9. The summed E-state index contributed by atoms with van der Waals surface area (Å²) in [6.45, 7) is 6.01. The van der Waals surface area contributed by atoms with Gasteiger partial charge in [-0.3, -0.25) is 4.79 Å². The fourth-order valence-electron chi connectivity index (χ4n) is 2.10. The van der Waals surface area contributed by atoms with E-state index in [-0.39, 0.29) is 11.7 Å². The van der Waals surface area contributed by atoms with Gasteiger partial charge < -0.3 is 14.8 Å². The maximum atomic E-state index is 12.2. The highest BCUT2D eigenvalue weighted by Crippen LogP contribution is 2.22. The summed E-state index contributed by atoms with van der Waals surface area (Å²) in [5.41, 5.74) is 2.10. The van der Waals surface area contributed by atoms with E-state index in [4.69, 9.17) is 9.52 Å². The molecule has 25 heavy (non-hydrogen) atoms. The molecule has 1 amide bonds. The lowest BCUT2D eigenvalue weighted by atomic mass is 10.1. The Hall–Kier alpha value is -3.34. The van der Waals surface area contributed by atoms with Crippen LogP contribution < -0.4 is 5.32 Å². The smallest absolute Gasteiger partial charge is 0.371 e. The second-order valence-electron chi connectivity index (χ2n) is 5.20. The van der Waals surface area contributed by atoms with Crippen LogP contribution in [0.5, 0.6) is 0 Å². The minimum atomic E-state index is -1.12. The Morgan fingerprint density at radius 2 is 1.92 bits per heavy atom. The van der Waals surface area contributed by atoms with E-state index in [0.717, 1.165) is 5.57 Å². The first-order chi connectivity index (χ1) is 12.0. The predicted octanol–water partition coefficient (Wildman–Crippen LogP) is 4.06. The molecule has 0 aliphatic carbocycles. The van der Waals surface area contributed by atoms with Gasteiger partial charge >= 0.3 is 5.97 Å². The van der Waals surface area contributed by atoms with E-state index in [9.17, 15) is 9.59 Å². The summed E-state index contributed by atoms with van der Waals surface area (Å²) < 4.78 is 5.24. The molecule has 1 aromatic heterocycles. The topological polar surface area (TPSA) is 79.5 Å². The van der Waals surface area contributed by atoms with Crippen LogP contribution >= 0.6 is 0 Å². The Morgan fingerprint density at radius 1 is 1.20 bits per heavy atom. The Kier molecular flexibility index (Phi) is 6.12. The third kappa shape index (κ3) is 4.81. The number of rotatable bonds is 7. The lowest BCUT2D eigenvalue weighted by molar-refractivity contribution is 0.0663. The number of amides is 1. The van der Waals surface area contributed by atoms with Crippen LogP contribution in [0.2, 0.25) is 0 Å². The average Bonchev–Trinajstić information content (AvgIpc) is 3.12. The minimum Gasteiger partial charge on any atom is -0.475 e. The largest absolute Gasteiger partial charge is 0.475 e. The molecule has 0 spiro atoms. The molecule has 1 heterocycles. The van der Waals surface area contributed by atoms with Gasteiger partial charge in [0.05, 0.1) is 0 Å². The van der Waals surface area contributed by atoms with Gasteiger partial charge in [0.15, 0.2) is 0 Å². The van der Waals surface area contributed by atoms with Gasteiger partial charge in [0.2, 0.25) is 5.76 Å². The highest BCUT2D eigenvalue weighted by atomic mass is 16.4. The van der Waals surface area contributed by atoms with Crippen molar-refractivity contribution in [2.75, 3.05) is 6.54 Å². The molecule has 0 atom stereocenters. The van der Waals surface area contributed by atoms with E-state index < -0.39 is 5.97 Å². The zero-order valence-corrected chi connectivity index (χ0v) is 13.9. The lowest BCUT2D eigenvalue weighted by Gasteiger charge is -2.06. The number of benzene rings is 1. The van der Waals surface area contributed by atoms with Crippen molar-refractivity contribution >= 4 is 11.9 Å². The van der Waals surface area contributed by atoms with E-state index in [1.807, 2.05) is 25.2 Å². The Bertz CT molecular complexity index is 826. The van der Waals surface area contributed by atoms with E-state index in [1.54, 1.807) is 36.4 Å². The van der Waals surface area contributed by atoms with Crippen LogP contribution in [0.1, 0.15) is 27.8 Å². The molecule has 5 nitrogen and oxygen atoms in total. The molecule has 0 saturated heterocycles. The van der Waals surface area contributed by atoms with Gasteiger partial charge in [-0.25, -0.2) is 4.79 Å². The molecule has 0 fully saturated rings. The lowest BCUT2D eigenvalue weighted by Crippen LogP contribution is -2.25. The first-order valence-corrected chi connectivity index (χ1v) is 7.71. The van der Waals surface area contributed by atoms with E-state index in [1.165, 1.54) is 6.07 Å². The molecule has 0 bridgehead atoms. The van der Waals surface area contributed by atoms with Crippen LogP contribution in [0.25, 0.3) is 11.3 Å². The average molecular weight is 337 g/mol. The van der Waals surface area contributed by atoms with Crippen molar-refractivity contribution in [3.05, 3.63) is 84.2 Å². The Morgan fingerprint density at radius 3 is 2.48 bits per heavy atom. The number of carboxylic acids is 1. The summed E-state index contributed by atoms with van der Waals surface area (Å²) in [4.78, 5) is 23.0. The summed E-state index contributed by atoms with van der Waals surface area (Å²) in [6, 6.07) is 9.73. The van der Waals surface area contributed by atoms with Crippen LogP contribution in [0.3, 0.4) is 0 Å². The molecule has 0 saturated carbocycles. The number of furan rings is 1. The summed E-state index contributed by atoms with van der Waals surface area (Å²) in [7, 11) is 0. The second kappa shape index (κ2) is 8.49. The van der Waals surface area contributed by atoms with E-state index >= 15 is 0 Å². The van der Waals surface area contributed by atoms with Crippen LogP contribution in [-0.2, 0) is 0 Å². The molecule has 0 radical (unpaired) electrons. The number of aromatic carboxylic acids is 1. The Balaban J connectivity index is 2.04. The zero-order chi connectivity index (χ0) is 18.2. The number of hydrogen-bond donors (Lipinski definition) is 2. The summed E-state index contributed by atoms with van der Waals surface area (Å²) in [6.07, 6.45) is 7.36. The number of allylic oxidation sites excluding steroid dienone is 3. The number of carbonyl (C=O) groups excluding carboxylic acids is 1. The molecular weight excluding hydrogens is 318 g/mol. The summed E-state index contributed by atoms with van der Waals surface area (Å²) in [5.74, 6) is -1.01. The van der Waals surface area contributed by atoms with Gasteiger partial charge in [0.25, 0.3) is 5.91 Å². The quantitative estimate of drug-likeness (QED) is 0.747. The van der Waals surface area contributed by atoms with Gasteiger partial charge in [0.1, 0.15) is 5.76 Å². The molecule has 2 N–H and O–H groups in total. The van der Waals surface area contributed by atoms with Gasteiger partial charge in [-0.2, -0.15) is 0 Å². The summed E-state index contributed by atoms with van der Waals surface area (Å²) in [5, 5.41) is 11.7. The predicted molar refractivity (Wildman–Crippen MR) is 96.5 cm³/mol. The van der Waals surface area contributed by atoms with Crippen LogP contribution in [0.4, 0.5) is 0 Å². The highest BCUT2D eigenvalue weighted by Gasteiger charge is 2.11. The van der Waals surface area contributed by atoms with Gasteiger partial charge in [-0.15, -0.1) is 0 Å². The number of nitrogens with one attached hydrogen (secondary N) is 1. The SMILES string of the molecule is C=C/C(=C\C=C/C)CNC(=O)c1ccc(-c2ccc(C(=O)O)o2)cc1. The fraction of sp³-hybridized carbons (Fsp3) is 0.100. The normalized spacial score (nSPS) is 11.5. The second-order valence-corrected chi connectivity index (χ2v) is 5.20. The van der Waals surface area contributed by atoms with Crippen LogP contribution in [0.15, 0.2) is 77.3 Å². The van der Waals surface area contributed by atoms with Crippen molar-refractivity contribution in [2.24, 2.45) is 0 Å². The first-order valence-electron chi connectivity index (χ1n) is 7.71. The van der Waals surface area contributed by atoms with Gasteiger partial charge in [0, 0.05) is 17.7 Å². The van der Waals surface area contributed by atoms with Crippen molar-refractivity contribution < 1.29 is 19.1 Å². The van der Waals surface area contributed by atoms with Crippen molar-refractivity contribution in [1.82, 2.24) is 5.32 Å². The molecule has 128 valence electrons. The van der Waals surface area contributed by atoms with Crippen molar-refractivity contribution in [1.29, 1.82) is 0 Å². The van der Waals surface area contributed by atoms with E-state index in [0.29, 0.717) is 23.4 Å². The molecule has 2 aromatic rings. The monoisotopic (exact) mass is 337 g/mol. The maximum Gasteiger partial charge on any atom is 0.371 e. The molecule has 5 heteroatoms. The van der Waals surface area contributed by atoms with Gasteiger partial charge in [-0.05, 0) is 36.8 Å². The van der Waals surface area contributed by atoms with Crippen LogP contribution in [-0.4, -0.2) is 23.5 Å². The van der Waals surface area contributed by atoms with Crippen molar-refractivity contribution in [2.45, 2.75) is 6.92 Å². The first kappa shape index (κ1) is 18.0. The van der Waals surface area contributed by atoms with Gasteiger partial charge in [-0.1, -0.05) is 43.0 Å². The highest BCUT2D eigenvalue weighted by molar-refractivity contribution is 5.94. The summed E-state index contributed by atoms with van der Waals surface area (Å²) >= 11 is 0. The van der Waals surface area contributed by atoms with Crippen LogP contribution in [0, 0.1) is 0 Å². The third-order valence-corrected chi connectivity index (χ3v) is 3.47. The molecule has 0 aliphatic rings. The Labute approximate surface area is 146 Å². The fourth-order valence-corrected chi connectivity index (χ4v) is 2.10. The van der Waals surface area contributed by atoms with Crippen molar-refractivity contribution in [3.8, 4) is 11.3 Å². The number of carbonyl (C=O) groups is 2. The molecular formula is C20H19NO4. The van der Waals surface area contributed by atoms with Crippen molar-refractivity contribution in [3.63, 3.8) is 0 Å². The molecule has 0 unspecified atom stereocenters. The molecule has 0 aliphatic heterocycles. The third-order valence-electron chi connectivity index (χ3n) is 3.47.